The third kappa shape index (κ3) is 2.82. The van der Waals surface area contributed by atoms with Crippen LogP contribution in [0.15, 0.2) is 24.4 Å². The van der Waals surface area contributed by atoms with Crippen molar-refractivity contribution in [2.75, 3.05) is 11.1 Å². The molecule has 2 aromatic rings. The monoisotopic (exact) mass is 264 g/mol. The van der Waals surface area contributed by atoms with Crippen LogP contribution in [0.25, 0.3) is 0 Å². The third-order valence-electron chi connectivity index (χ3n) is 2.60. The van der Waals surface area contributed by atoms with Crippen LogP contribution in [0.1, 0.15) is 16.1 Å². The van der Waals surface area contributed by atoms with Crippen LogP contribution >= 0.6 is 0 Å². The molecule has 1 heterocycles. The van der Waals surface area contributed by atoms with Gasteiger partial charge in [0.05, 0.1) is 29.2 Å². The van der Waals surface area contributed by atoms with E-state index in [0.717, 1.165) is 17.8 Å². The number of nitrogens with zero attached hydrogens (tertiary/aromatic N) is 2. The van der Waals surface area contributed by atoms with E-state index in [1.807, 2.05) is 6.07 Å². The summed E-state index contributed by atoms with van der Waals surface area (Å²) in [6.45, 7) is 0.372. The van der Waals surface area contributed by atoms with Gasteiger partial charge in [-0.05, 0) is 18.2 Å². The highest BCUT2D eigenvalue weighted by Gasteiger charge is 2.13. The maximum Gasteiger partial charge on any atom is 0.338 e. The minimum atomic E-state index is -1.35. The van der Waals surface area contributed by atoms with Crippen molar-refractivity contribution in [1.29, 1.82) is 0 Å². The highest BCUT2D eigenvalue weighted by molar-refractivity contribution is 5.90. The van der Waals surface area contributed by atoms with Crippen molar-refractivity contribution in [1.82, 2.24) is 9.78 Å². The molecule has 1 aromatic heterocycles. The summed E-state index contributed by atoms with van der Waals surface area (Å²) in [5.74, 6) is -2.18. The Labute approximate surface area is 108 Å². The van der Waals surface area contributed by atoms with Crippen LogP contribution < -0.4 is 11.1 Å². The predicted molar refractivity (Wildman–Crippen MR) is 68.3 cm³/mol. The van der Waals surface area contributed by atoms with Gasteiger partial charge in [0.25, 0.3) is 0 Å². The summed E-state index contributed by atoms with van der Waals surface area (Å²) in [5, 5.41) is 15.8. The number of aromatic carboxylic acids is 1. The van der Waals surface area contributed by atoms with E-state index in [4.69, 9.17) is 10.8 Å². The fraction of sp³-hybridized carbons (Fsp3) is 0.167. The second kappa shape index (κ2) is 4.97. The Morgan fingerprint density at radius 1 is 1.58 bits per heavy atom. The molecule has 0 aliphatic carbocycles. The molecular formula is C12H13FN4O2. The number of benzene rings is 1. The molecule has 0 unspecified atom stereocenters. The quantitative estimate of drug-likeness (QED) is 0.727. The second-order valence-electron chi connectivity index (χ2n) is 4.06. The molecule has 0 saturated heterocycles. The van der Waals surface area contributed by atoms with Crippen LogP contribution in [0.4, 0.5) is 15.8 Å². The van der Waals surface area contributed by atoms with Gasteiger partial charge in [-0.1, -0.05) is 0 Å². The molecule has 0 radical (unpaired) electrons. The van der Waals surface area contributed by atoms with Gasteiger partial charge in [0, 0.05) is 13.2 Å². The topological polar surface area (TPSA) is 93.2 Å². The standard InChI is InChI=1S/C12H13FN4O2/c1-17-3-2-7(16-17)6-15-11-5-9(13)8(12(18)19)4-10(11)14/h2-5,15H,6,14H2,1H3,(H,18,19). The lowest BCUT2D eigenvalue weighted by Crippen LogP contribution is -2.07. The zero-order valence-electron chi connectivity index (χ0n) is 10.2. The van der Waals surface area contributed by atoms with Gasteiger partial charge in [0.2, 0.25) is 0 Å². The average molecular weight is 264 g/mol. The molecule has 0 bridgehead atoms. The fourth-order valence-corrected chi connectivity index (χ4v) is 1.65. The van der Waals surface area contributed by atoms with Crippen molar-refractivity contribution < 1.29 is 14.3 Å². The summed E-state index contributed by atoms with van der Waals surface area (Å²) < 4.78 is 15.2. The Bertz CT molecular complexity index is 624. The summed E-state index contributed by atoms with van der Waals surface area (Å²) in [6, 6.07) is 3.98. The lowest BCUT2D eigenvalue weighted by molar-refractivity contribution is 0.0692. The molecular weight excluding hydrogens is 251 g/mol. The largest absolute Gasteiger partial charge is 0.478 e. The van der Waals surface area contributed by atoms with Crippen molar-refractivity contribution in [3.63, 3.8) is 0 Å². The van der Waals surface area contributed by atoms with Crippen molar-refractivity contribution in [2.45, 2.75) is 6.54 Å². The van der Waals surface area contributed by atoms with Gasteiger partial charge in [-0.2, -0.15) is 5.10 Å². The molecule has 0 amide bonds. The Morgan fingerprint density at radius 3 is 2.89 bits per heavy atom. The molecule has 0 saturated carbocycles. The SMILES string of the molecule is Cn1ccc(CNc2cc(F)c(C(=O)O)cc2N)n1. The van der Waals surface area contributed by atoms with E-state index in [0.29, 0.717) is 12.2 Å². The number of carboxylic acids is 1. The van der Waals surface area contributed by atoms with Gasteiger partial charge in [-0.25, -0.2) is 9.18 Å². The smallest absolute Gasteiger partial charge is 0.338 e. The van der Waals surface area contributed by atoms with Crippen LogP contribution in [0.2, 0.25) is 0 Å². The first-order valence-corrected chi connectivity index (χ1v) is 5.52. The van der Waals surface area contributed by atoms with Crippen LogP contribution in [0.3, 0.4) is 0 Å². The van der Waals surface area contributed by atoms with E-state index < -0.39 is 17.3 Å². The van der Waals surface area contributed by atoms with Gasteiger partial charge < -0.3 is 16.2 Å². The van der Waals surface area contributed by atoms with E-state index in [1.165, 1.54) is 0 Å². The van der Waals surface area contributed by atoms with Crippen LogP contribution in [-0.2, 0) is 13.6 Å². The first kappa shape index (κ1) is 12.9. The van der Waals surface area contributed by atoms with E-state index in [-0.39, 0.29) is 5.69 Å². The van der Waals surface area contributed by atoms with Crippen LogP contribution in [0.5, 0.6) is 0 Å². The number of nitrogen functional groups attached to an aromatic ring is 1. The summed E-state index contributed by atoms with van der Waals surface area (Å²) in [5.41, 5.74) is 6.52. The molecule has 0 aliphatic heterocycles. The lowest BCUT2D eigenvalue weighted by atomic mass is 10.1. The van der Waals surface area contributed by atoms with Crippen molar-refractivity contribution in [2.24, 2.45) is 7.05 Å². The number of hydrogen-bond donors (Lipinski definition) is 3. The van der Waals surface area contributed by atoms with Crippen LogP contribution in [0, 0.1) is 5.82 Å². The number of hydrogen-bond acceptors (Lipinski definition) is 4. The molecule has 100 valence electrons. The Morgan fingerprint density at radius 2 is 2.32 bits per heavy atom. The molecule has 2 rings (SSSR count). The molecule has 1 aromatic carbocycles. The molecule has 19 heavy (non-hydrogen) atoms. The number of halogens is 1. The number of nitrogens with one attached hydrogen (secondary N) is 1. The van der Waals surface area contributed by atoms with E-state index >= 15 is 0 Å². The second-order valence-corrected chi connectivity index (χ2v) is 4.06. The van der Waals surface area contributed by atoms with E-state index in [9.17, 15) is 9.18 Å². The summed E-state index contributed by atoms with van der Waals surface area (Å²) in [6.07, 6.45) is 1.79. The molecule has 0 fully saturated rings. The first-order chi connectivity index (χ1) is 8.97. The number of rotatable bonds is 4. The summed E-state index contributed by atoms with van der Waals surface area (Å²) in [4.78, 5) is 10.7. The number of carboxylic acid groups (broad SMARTS) is 1. The summed E-state index contributed by atoms with van der Waals surface area (Å²) >= 11 is 0. The highest BCUT2D eigenvalue weighted by Crippen LogP contribution is 2.23. The van der Waals surface area contributed by atoms with Gasteiger partial charge in [-0.15, -0.1) is 0 Å². The predicted octanol–water partition coefficient (Wildman–Crippen LogP) is 1.45. The minimum absolute atomic E-state index is 0.176. The maximum absolute atomic E-state index is 13.5. The van der Waals surface area contributed by atoms with Crippen molar-refractivity contribution >= 4 is 17.3 Å². The fourth-order valence-electron chi connectivity index (χ4n) is 1.65. The lowest BCUT2D eigenvalue weighted by Gasteiger charge is -2.09. The zero-order chi connectivity index (χ0) is 14.0. The van der Waals surface area contributed by atoms with Crippen LogP contribution in [-0.4, -0.2) is 20.9 Å². The Hall–Kier alpha value is -2.57. The molecule has 0 atom stereocenters. The number of aryl methyl sites for hydroxylation is 1. The van der Waals surface area contributed by atoms with Gasteiger partial charge in [0.1, 0.15) is 5.82 Å². The first-order valence-electron chi connectivity index (χ1n) is 5.52. The molecule has 4 N–H and O–H groups in total. The molecule has 6 nitrogen and oxygen atoms in total. The normalized spacial score (nSPS) is 10.4. The minimum Gasteiger partial charge on any atom is -0.478 e. The van der Waals surface area contributed by atoms with Gasteiger partial charge in [-0.3, -0.25) is 4.68 Å². The number of anilines is 2. The summed E-state index contributed by atoms with van der Waals surface area (Å²) in [7, 11) is 1.79. The number of nitrogens with two attached hydrogens (primary N) is 1. The van der Waals surface area contributed by atoms with Gasteiger partial charge >= 0.3 is 5.97 Å². The zero-order valence-corrected chi connectivity index (χ0v) is 10.2. The van der Waals surface area contributed by atoms with Crippen molar-refractivity contribution in [3.8, 4) is 0 Å². The Balaban J connectivity index is 2.17. The Kier molecular flexibility index (Phi) is 3.37. The molecule has 0 aliphatic rings. The maximum atomic E-state index is 13.5. The number of aromatic nitrogens is 2. The van der Waals surface area contributed by atoms with E-state index in [1.54, 1.807) is 17.9 Å². The molecule has 7 heteroatoms. The van der Waals surface area contributed by atoms with Crippen molar-refractivity contribution in [3.05, 3.63) is 41.5 Å². The third-order valence-corrected chi connectivity index (χ3v) is 2.60. The highest BCUT2D eigenvalue weighted by atomic mass is 19.1. The number of carbonyl (C=O) groups is 1. The molecule has 0 spiro atoms. The van der Waals surface area contributed by atoms with Gasteiger partial charge in [0.15, 0.2) is 0 Å². The average Bonchev–Trinajstić information content (AvgIpc) is 2.75. The van der Waals surface area contributed by atoms with E-state index in [2.05, 4.69) is 10.4 Å².